The van der Waals surface area contributed by atoms with Crippen LogP contribution in [0, 0.1) is 0 Å². The number of nitrogens with one attached hydrogen (secondary N) is 2. The van der Waals surface area contributed by atoms with Gasteiger partial charge < -0.3 is 15.4 Å². The molecule has 0 aromatic heterocycles. The number of carbonyl (C=O) groups is 2. The lowest BCUT2D eigenvalue weighted by Crippen LogP contribution is -2.41. The Morgan fingerprint density at radius 3 is 2.59 bits per heavy atom. The van der Waals surface area contributed by atoms with Crippen molar-refractivity contribution in [2.24, 2.45) is 0 Å². The van der Waals surface area contributed by atoms with Gasteiger partial charge in [-0.05, 0) is 19.1 Å². The van der Waals surface area contributed by atoms with Gasteiger partial charge in [0.05, 0.1) is 17.8 Å². The fraction of sp³-hybridized carbons (Fsp3) is 0.273. The molecule has 0 spiro atoms. The Bertz CT molecular complexity index is 423. The number of ether oxygens (including phenoxy) is 1. The summed E-state index contributed by atoms with van der Waals surface area (Å²) in [5, 5.41) is 5.38. The van der Waals surface area contributed by atoms with Gasteiger partial charge in [0.1, 0.15) is 6.04 Å². The number of benzene rings is 1. The van der Waals surface area contributed by atoms with E-state index in [0.29, 0.717) is 10.7 Å². The number of rotatable bonds is 3. The Hall–Kier alpha value is -1.75. The van der Waals surface area contributed by atoms with Gasteiger partial charge in [0.15, 0.2) is 0 Å². The van der Waals surface area contributed by atoms with E-state index < -0.39 is 18.0 Å². The predicted octanol–water partition coefficient (Wildman–Crippen LogP) is 2.02. The Morgan fingerprint density at radius 1 is 1.35 bits per heavy atom. The minimum absolute atomic E-state index is 0.424. The summed E-state index contributed by atoms with van der Waals surface area (Å²) in [6.45, 7) is 1.53. The zero-order chi connectivity index (χ0) is 12.8. The molecule has 0 fully saturated rings. The maximum Gasteiger partial charge on any atom is 0.328 e. The Balaban J connectivity index is 2.56. The van der Waals surface area contributed by atoms with E-state index in [1.165, 1.54) is 14.0 Å². The molecule has 5 nitrogen and oxygen atoms in total. The highest BCUT2D eigenvalue weighted by atomic mass is 35.5. The van der Waals surface area contributed by atoms with Gasteiger partial charge in [0.25, 0.3) is 0 Å². The molecule has 1 rings (SSSR count). The Morgan fingerprint density at radius 2 is 2.00 bits per heavy atom. The first-order valence-electron chi connectivity index (χ1n) is 4.94. The molecular formula is C11H13ClN2O3. The van der Waals surface area contributed by atoms with E-state index in [0.717, 1.165) is 0 Å². The van der Waals surface area contributed by atoms with Crippen LogP contribution in [0.15, 0.2) is 24.3 Å². The average Bonchev–Trinajstić information content (AvgIpc) is 2.31. The van der Waals surface area contributed by atoms with Crippen LogP contribution < -0.4 is 10.6 Å². The third-order valence-corrected chi connectivity index (χ3v) is 2.35. The molecule has 0 saturated carbocycles. The molecule has 0 bridgehead atoms. The van der Waals surface area contributed by atoms with Crippen molar-refractivity contribution in [3.05, 3.63) is 29.3 Å². The van der Waals surface area contributed by atoms with Crippen LogP contribution in [0.25, 0.3) is 0 Å². The van der Waals surface area contributed by atoms with Crippen LogP contribution in [0.2, 0.25) is 5.02 Å². The molecular weight excluding hydrogens is 244 g/mol. The van der Waals surface area contributed by atoms with Crippen LogP contribution >= 0.6 is 11.6 Å². The van der Waals surface area contributed by atoms with Gasteiger partial charge in [-0.15, -0.1) is 0 Å². The second-order valence-corrected chi connectivity index (χ2v) is 3.73. The van der Waals surface area contributed by atoms with Crippen molar-refractivity contribution in [1.82, 2.24) is 5.32 Å². The molecule has 1 aromatic carbocycles. The van der Waals surface area contributed by atoms with Gasteiger partial charge in [-0.2, -0.15) is 0 Å². The fourth-order valence-corrected chi connectivity index (χ4v) is 1.34. The van der Waals surface area contributed by atoms with Gasteiger partial charge in [-0.3, -0.25) is 0 Å². The van der Waals surface area contributed by atoms with Gasteiger partial charge in [0, 0.05) is 0 Å². The fourth-order valence-electron chi connectivity index (χ4n) is 1.15. The van der Waals surface area contributed by atoms with Gasteiger partial charge in [-0.1, -0.05) is 23.7 Å². The summed E-state index contributed by atoms with van der Waals surface area (Å²) in [6.07, 6.45) is 0. The van der Waals surface area contributed by atoms with Crippen LogP contribution in [0.5, 0.6) is 0 Å². The molecule has 2 amide bonds. The number of anilines is 1. The van der Waals surface area contributed by atoms with Crippen molar-refractivity contribution >= 4 is 29.3 Å². The molecule has 2 N–H and O–H groups in total. The number of para-hydroxylation sites is 1. The smallest absolute Gasteiger partial charge is 0.328 e. The van der Waals surface area contributed by atoms with E-state index in [9.17, 15) is 9.59 Å². The van der Waals surface area contributed by atoms with Crippen molar-refractivity contribution in [3.63, 3.8) is 0 Å². The van der Waals surface area contributed by atoms with E-state index in [-0.39, 0.29) is 0 Å². The van der Waals surface area contributed by atoms with E-state index in [2.05, 4.69) is 15.4 Å². The number of halogens is 1. The van der Waals surface area contributed by atoms with Crippen LogP contribution in [0.4, 0.5) is 10.5 Å². The zero-order valence-corrected chi connectivity index (χ0v) is 10.2. The third-order valence-electron chi connectivity index (χ3n) is 2.02. The molecule has 0 saturated heterocycles. The number of carbonyl (C=O) groups excluding carboxylic acids is 2. The normalized spacial score (nSPS) is 11.5. The minimum atomic E-state index is -0.720. The van der Waals surface area contributed by atoms with Crippen LogP contribution in [-0.4, -0.2) is 25.2 Å². The quantitative estimate of drug-likeness (QED) is 0.813. The highest BCUT2D eigenvalue weighted by Crippen LogP contribution is 2.19. The number of hydrogen-bond acceptors (Lipinski definition) is 3. The van der Waals surface area contributed by atoms with Crippen LogP contribution in [0.3, 0.4) is 0 Å². The highest BCUT2D eigenvalue weighted by molar-refractivity contribution is 6.33. The summed E-state index contributed by atoms with van der Waals surface area (Å²) >= 11 is 5.86. The summed E-state index contributed by atoms with van der Waals surface area (Å²) in [6, 6.07) is 5.57. The Kier molecular flexibility index (Phi) is 4.78. The molecule has 1 atom stereocenters. The number of methoxy groups -OCH3 is 1. The summed E-state index contributed by atoms with van der Waals surface area (Å²) in [4.78, 5) is 22.6. The topological polar surface area (TPSA) is 67.4 Å². The lowest BCUT2D eigenvalue weighted by molar-refractivity contribution is -0.142. The van der Waals surface area contributed by atoms with Crippen molar-refractivity contribution in [2.75, 3.05) is 12.4 Å². The predicted molar refractivity (Wildman–Crippen MR) is 65.1 cm³/mol. The SMILES string of the molecule is COC(=O)[C@H](C)NC(=O)Nc1ccccc1Cl. The molecule has 6 heteroatoms. The summed E-state index contributed by atoms with van der Waals surface area (Å²) in [7, 11) is 1.26. The lowest BCUT2D eigenvalue weighted by atomic mass is 10.3. The van der Waals surface area contributed by atoms with Gasteiger partial charge >= 0.3 is 12.0 Å². The minimum Gasteiger partial charge on any atom is -0.467 e. The standard InChI is InChI=1S/C11H13ClN2O3/c1-7(10(15)17-2)13-11(16)14-9-6-4-3-5-8(9)12/h3-7H,1-2H3,(H2,13,14,16)/t7-/m0/s1. The second-order valence-electron chi connectivity index (χ2n) is 3.32. The first-order valence-corrected chi connectivity index (χ1v) is 5.32. The molecule has 0 aliphatic carbocycles. The zero-order valence-electron chi connectivity index (χ0n) is 9.49. The van der Waals surface area contributed by atoms with Gasteiger partial charge in [0.2, 0.25) is 0 Å². The van der Waals surface area contributed by atoms with Gasteiger partial charge in [-0.25, -0.2) is 9.59 Å². The molecule has 0 aliphatic heterocycles. The lowest BCUT2D eigenvalue weighted by Gasteiger charge is -2.13. The van der Waals surface area contributed by atoms with Crippen molar-refractivity contribution in [2.45, 2.75) is 13.0 Å². The number of hydrogen-bond donors (Lipinski definition) is 2. The number of esters is 1. The third kappa shape index (κ3) is 3.96. The summed E-state index contributed by atoms with van der Waals surface area (Å²) < 4.78 is 4.48. The van der Waals surface area contributed by atoms with E-state index >= 15 is 0 Å². The largest absolute Gasteiger partial charge is 0.467 e. The summed E-state index contributed by atoms with van der Waals surface area (Å²) in [5.74, 6) is -0.515. The molecule has 0 radical (unpaired) electrons. The molecule has 92 valence electrons. The summed E-state index contributed by atoms with van der Waals surface area (Å²) in [5.41, 5.74) is 0.476. The number of urea groups is 1. The maximum atomic E-state index is 11.5. The van der Waals surface area contributed by atoms with Crippen LogP contribution in [-0.2, 0) is 9.53 Å². The van der Waals surface area contributed by atoms with Crippen LogP contribution in [0.1, 0.15) is 6.92 Å². The Labute approximate surface area is 104 Å². The van der Waals surface area contributed by atoms with Crippen molar-refractivity contribution < 1.29 is 14.3 Å². The first kappa shape index (κ1) is 13.3. The van der Waals surface area contributed by atoms with E-state index in [1.807, 2.05) is 0 Å². The second kappa shape index (κ2) is 6.10. The maximum absolute atomic E-state index is 11.5. The molecule has 1 aromatic rings. The molecule has 0 unspecified atom stereocenters. The average molecular weight is 257 g/mol. The monoisotopic (exact) mass is 256 g/mol. The van der Waals surface area contributed by atoms with E-state index in [4.69, 9.17) is 11.6 Å². The van der Waals surface area contributed by atoms with Crippen molar-refractivity contribution in [3.8, 4) is 0 Å². The van der Waals surface area contributed by atoms with E-state index in [1.54, 1.807) is 24.3 Å². The first-order chi connectivity index (χ1) is 8.04. The molecule has 0 aliphatic rings. The highest BCUT2D eigenvalue weighted by Gasteiger charge is 2.15. The molecule has 17 heavy (non-hydrogen) atoms. The van der Waals surface area contributed by atoms with Crippen molar-refractivity contribution in [1.29, 1.82) is 0 Å². The molecule has 0 heterocycles. The number of amides is 2.